The van der Waals surface area contributed by atoms with Crippen LogP contribution in [0.2, 0.25) is 5.02 Å². The standard InChI is InChI=1S/C10H11ClFNO3S/c11-7-2-1-6(3-8(7)12)13-9-4-17(15,16)5-10(9)14/h1-3,9-10,13-14H,4-5H2. The summed E-state index contributed by atoms with van der Waals surface area (Å²) in [6.45, 7) is 0. The molecule has 7 heteroatoms. The lowest BCUT2D eigenvalue weighted by molar-refractivity contribution is 0.190. The third-order valence-corrected chi connectivity index (χ3v) is 4.62. The molecule has 0 saturated carbocycles. The molecular formula is C10H11ClFNO3S. The molecule has 1 fully saturated rings. The van der Waals surface area contributed by atoms with Gasteiger partial charge in [-0.2, -0.15) is 0 Å². The first-order valence-electron chi connectivity index (χ1n) is 4.97. The first kappa shape index (κ1) is 12.6. The van der Waals surface area contributed by atoms with E-state index in [1.807, 2.05) is 0 Å². The summed E-state index contributed by atoms with van der Waals surface area (Å²) >= 11 is 5.52. The Bertz CT molecular complexity index is 534. The van der Waals surface area contributed by atoms with Gasteiger partial charge in [-0.25, -0.2) is 12.8 Å². The number of aliphatic hydroxyl groups is 1. The highest BCUT2D eigenvalue weighted by Gasteiger charge is 2.36. The predicted octanol–water partition coefficient (Wildman–Crippen LogP) is 1.05. The van der Waals surface area contributed by atoms with Crippen molar-refractivity contribution in [3.8, 4) is 0 Å². The van der Waals surface area contributed by atoms with Crippen LogP contribution in [0.15, 0.2) is 18.2 Å². The molecule has 1 aromatic carbocycles. The first-order chi connectivity index (χ1) is 7.87. The van der Waals surface area contributed by atoms with Crippen molar-refractivity contribution in [1.29, 1.82) is 0 Å². The molecule has 0 amide bonds. The van der Waals surface area contributed by atoms with Crippen molar-refractivity contribution < 1.29 is 17.9 Å². The highest BCUT2D eigenvalue weighted by molar-refractivity contribution is 7.91. The van der Waals surface area contributed by atoms with Gasteiger partial charge >= 0.3 is 0 Å². The molecule has 1 heterocycles. The minimum Gasteiger partial charge on any atom is -0.390 e. The molecule has 0 bridgehead atoms. The molecule has 2 N–H and O–H groups in total. The van der Waals surface area contributed by atoms with Crippen molar-refractivity contribution >= 4 is 27.1 Å². The van der Waals surface area contributed by atoms with Crippen LogP contribution >= 0.6 is 11.6 Å². The third-order valence-electron chi connectivity index (χ3n) is 2.59. The minimum absolute atomic E-state index is 0.00450. The van der Waals surface area contributed by atoms with Crippen molar-refractivity contribution in [3.63, 3.8) is 0 Å². The van der Waals surface area contributed by atoms with Crippen LogP contribution in [0, 0.1) is 5.82 Å². The summed E-state index contributed by atoms with van der Waals surface area (Å²) in [6, 6.07) is 3.46. The molecular weight excluding hydrogens is 269 g/mol. The molecule has 0 aliphatic carbocycles. The number of benzene rings is 1. The van der Waals surface area contributed by atoms with Gasteiger partial charge in [0.05, 0.1) is 28.7 Å². The van der Waals surface area contributed by atoms with E-state index in [-0.39, 0.29) is 16.5 Å². The van der Waals surface area contributed by atoms with E-state index in [1.54, 1.807) is 0 Å². The molecule has 1 aromatic rings. The average Bonchev–Trinajstić information content (AvgIpc) is 2.46. The van der Waals surface area contributed by atoms with Gasteiger partial charge in [0, 0.05) is 5.69 Å². The van der Waals surface area contributed by atoms with E-state index in [9.17, 15) is 17.9 Å². The number of rotatable bonds is 2. The third kappa shape index (κ3) is 2.88. The van der Waals surface area contributed by atoms with E-state index >= 15 is 0 Å². The van der Waals surface area contributed by atoms with Gasteiger partial charge in [0.1, 0.15) is 5.82 Å². The smallest absolute Gasteiger partial charge is 0.155 e. The van der Waals surface area contributed by atoms with E-state index in [2.05, 4.69) is 5.32 Å². The monoisotopic (exact) mass is 279 g/mol. The molecule has 94 valence electrons. The Hall–Kier alpha value is -0.850. The zero-order chi connectivity index (χ0) is 12.6. The summed E-state index contributed by atoms with van der Waals surface area (Å²) in [4.78, 5) is 0. The fourth-order valence-corrected chi connectivity index (χ4v) is 3.63. The maximum atomic E-state index is 13.1. The quantitative estimate of drug-likeness (QED) is 0.849. The molecule has 2 atom stereocenters. The number of halogens is 2. The zero-order valence-corrected chi connectivity index (χ0v) is 10.3. The van der Waals surface area contributed by atoms with Gasteiger partial charge < -0.3 is 10.4 Å². The number of hydrogen-bond donors (Lipinski definition) is 2. The molecule has 1 aliphatic rings. The summed E-state index contributed by atoms with van der Waals surface area (Å²) in [6.07, 6.45) is -0.973. The number of nitrogens with one attached hydrogen (secondary N) is 1. The summed E-state index contributed by atoms with van der Waals surface area (Å²) in [5, 5.41) is 12.3. The van der Waals surface area contributed by atoms with E-state index < -0.39 is 27.8 Å². The highest BCUT2D eigenvalue weighted by Crippen LogP contribution is 2.22. The van der Waals surface area contributed by atoms with Crippen molar-refractivity contribution in [1.82, 2.24) is 0 Å². The van der Waals surface area contributed by atoms with E-state index in [1.165, 1.54) is 18.2 Å². The Labute approximate surface area is 103 Å². The Balaban J connectivity index is 2.14. The van der Waals surface area contributed by atoms with Crippen LogP contribution < -0.4 is 5.32 Å². The number of aliphatic hydroxyl groups excluding tert-OH is 1. The Morgan fingerprint density at radius 1 is 1.41 bits per heavy atom. The van der Waals surface area contributed by atoms with Crippen LogP contribution in [0.25, 0.3) is 0 Å². The topological polar surface area (TPSA) is 66.4 Å². The van der Waals surface area contributed by atoms with Crippen molar-refractivity contribution in [2.45, 2.75) is 12.1 Å². The van der Waals surface area contributed by atoms with Gasteiger partial charge in [0.15, 0.2) is 9.84 Å². The molecule has 2 unspecified atom stereocenters. The summed E-state index contributed by atoms with van der Waals surface area (Å²) in [7, 11) is -3.22. The second-order valence-electron chi connectivity index (χ2n) is 4.02. The molecule has 4 nitrogen and oxygen atoms in total. The lowest BCUT2D eigenvalue weighted by Crippen LogP contribution is -2.31. The van der Waals surface area contributed by atoms with Crippen molar-refractivity contribution in [2.24, 2.45) is 0 Å². The molecule has 0 radical (unpaired) electrons. The first-order valence-corrected chi connectivity index (χ1v) is 7.17. The number of anilines is 1. The maximum absolute atomic E-state index is 13.1. The number of sulfone groups is 1. The molecule has 0 aromatic heterocycles. The molecule has 1 saturated heterocycles. The van der Waals surface area contributed by atoms with Gasteiger partial charge in [-0.1, -0.05) is 11.6 Å². The SMILES string of the molecule is O=S1(=O)CC(O)C(Nc2ccc(Cl)c(F)c2)C1. The van der Waals surface area contributed by atoms with Gasteiger partial charge in [-0.05, 0) is 18.2 Å². The largest absolute Gasteiger partial charge is 0.390 e. The van der Waals surface area contributed by atoms with E-state index in [4.69, 9.17) is 11.6 Å². The summed E-state index contributed by atoms with van der Waals surface area (Å²) in [5.41, 5.74) is 0.396. The van der Waals surface area contributed by atoms with E-state index in [0.717, 1.165) is 0 Å². The van der Waals surface area contributed by atoms with Crippen LogP contribution in [0.4, 0.5) is 10.1 Å². The summed E-state index contributed by atoms with van der Waals surface area (Å²) in [5.74, 6) is -1.01. The second kappa shape index (κ2) is 4.44. The van der Waals surface area contributed by atoms with Crippen LogP contribution in [-0.2, 0) is 9.84 Å². The molecule has 2 rings (SSSR count). The Morgan fingerprint density at radius 2 is 2.12 bits per heavy atom. The van der Waals surface area contributed by atoms with Crippen LogP contribution in [0.3, 0.4) is 0 Å². The molecule has 17 heavy (non-hydrogen) atoms. The number of hydrogen-bond acceptors (Lipinski definition) is 4. The van der Waals surface area contributed by atoms with Crippen molar-refractivity contribution in [2.75, 3.05) is 16.8 Å². The van der Waals surface area contributed by atoms with Crippen LogP contribution in [0.5, 0.6) is 0 Å². The Morgan fingerprint density at radius 3 is 2.65 bits per heavy atom. The van der Waals surface area contributed by atoms with Crippen LogP contribution in [-0.4, -0.2) is 37.2 Å². The fourth-order valence-electron chi connectivity index (χ4n) is 1.77. The van der Waals surface area contributed by atoms with Gasteiger partial charge in [0.2, 0.25) is 0 Å². The minimum atomic E-state index is -3.22. The Kier molecular flexibility index (Phi) is 3.29. The average molecular weight is 280 g/mol. The normalized spacial score (nSPS) is 27.0. The highest BCUT2D eigenvalue weighted by atomic mass is 35.5. The van der Waals surface area contributed by atoms with Gasteiger partial charge in [-0.3, -0.25) is 0 Å². The zero-order valence-electron chi connectivity index (χ0n) is 8.73. The summed E-state index contributed by atoms with van der Waals surface area (Å²) < 4.78 is 35.7. The maximum Gasteiger partial charge on any atom is 0.155 e. The van der Waals surface area contributed by atoms with Crippen LogP contribution in [0.1, 0.15) is 0 Å². The van der Waals surface area contributed by atoms with Gasteiger partial charge in [0.25, 0.3) is 0 Å². The predicted molar refractivity (Wildman–Crippen MR) is 63.5 cm³/mol. The lowest BCUT2D eigenvalue weighted by atomic mass is 10.2. The van der Waals surface area contributed by atoms with Gasteiger partial charge in [-0.15, -0.1) is 0 Å². The lowest BCUT2D eigenvalue weighted by Gasteiger charge is -2.16. The van der Waals surface area contributed by atoms with E-state index in [0.29, 0.717) is 5.69 Å². The fraction of sp³-hybridized carbons (Fsp3) is 0.400. The van der Waals surface area contributed by atoms with Crippen molar-refractivity contribution in [3.05, 3.63) is 29.0 Å². The molecule has 0 spiro atoms. The second-order valence-corrected chi connectivity index (χ2v) is 6.58. The molecule has 1 aliphatic heterocycles.